The van der Waals surface area contributed by atoms with E-state index in [1.807, 2.05) is 20.1 Å². The van der Waals surface area contributed by atoms with E-state index in [0.717, 1.165) is 17.0 Å². The molecule has 3 rings (SSSR count). The number of hydrogen-bond donors (Lipinski definition) is 0. The van der Waals surface area contributed by atoms with Crippen LogP contribution in [0.3, 0.4) is 0 Å². The maximum Gasteiger partial charge on any atom is 0.347 e. The molecule has 1 aliphatic heterocycles. The molecular weight excluding hydrogens is 344 g/mol. The molecular formula is C16H20N4O4S. The number of thioether (sulfide) groups is 1. The number of nitrogens with zero attached hydrogens (tertiary/aromatic N) is 4. The van der Waals surface area contributed by atoms with Crippen LogP contribution in [0.25, 0.3) is 5.78 Å². The molecule has 1 aliphatic rings. The van der Waals surface area contributed by atoms with Crippen molar-refractivity contribution in [3.63, 3.8) is 0 Å². The zero-order valence-corrected chi connectivity index (χ0v) is 15.4. The predicted octanol–water partition coefficient (Wildman–Crippen LogP) is 1.64. The molecule has 134 valence electrons. The predicted molar refractivity (Wildman–Crippen MR) is 90.4 cm³/mol. The van der Waals surface area contributed by atoms with Crippen molar-refractivity contribution in [3.05, 3.63) is 17.0 Å². The number of aromatic nitrogens is 4. The van der Waals surface area contributed by atoms with Crippen LogP contribution in [0.5, 0.6) is 0 Å². The third-order valence-corrected chi connectivity index (χ3v) is 4.73. The molecule has 0 amide bonds. The summed E-state index contributed by atoms with van der Waals surface area (Å²) in [5, 5.41) is 5.04. The van der Waals surface area contributed by atoms with Crippen LogP contribution in [0.1, 0.15) is 36.7 Å². The minimum absolute atomic E-state index is 0.164. The number of carbonyl (C=O) groups is 2. The van der Waals surface area contributed by atoms with Crippen LogP contribution >= 0.6 is 11.8 Å². The van der Waals surface area contributed by atoms with Crippen molar-refractivity contribution < 1.29 is 19.1 Å². The van der Waals surface area contributed by atoms with Gasteiger partial charge in [-0.15, -0.1) is 5.10 Å². The minimum Gasteiger partial charge on any atom is -0.460 e. The highest BCUT2D eigenvalue weighted by Crippen LogP contribution is 2.20. The van der Waals surface area contributed by atoms with Gasteiger partial charge in [0, 0.05) is 24.2 Å². The highest BCUT2D eigenvalue weighted by molar-refractivity contribution is 7.98. The second-order valence-electron chi connectivity index (χ2n) is 6.03. The maximum atomic E-state index is 12.1. The molecule has 1 saturated heterocycles. The van der Waals surface area contributed by atoms with Crippen LogP contribution in [0.15, 0.2) is 5.16 Å². The van der Waals surface area contributed by atoms with E-state index >= 15 is 0 Å². The number of aryl methyl sites for hydroxylation is 2. The van der Waals surface area contributed by atoms with Crippen molar-refractivity contribution >= 4 is 29.5 Å². The van der Waals surface area contributed by atoms with Gasteiger partial charge in [0.05, 0.1) is 0 Å². The third-order valence-electron chi connectivity index (χ3n) is 4.19. The monoisotopic (exact) mass is 364 g/mol. The van der Waals surface area contributed by atoms with Crippen molar-refractivity contribution in [2.24, 2.45) is 0 Å². The molecule has 0 saturated carbocycles. The zero-order valence-electron chi connectivity index (χ0n) is 14.6. The molecule has 0 radical (unpaired) electrons. The fourth-order valence-corrected chi connectivity index (χ4v) is 3.24. The van der Waals surface area contributed by atoms with Crippen molar-refractivity contribution in [2.75, 3.05) is 6.26 Å². The number of hydrogen-bond acceptors (Lipinski definition) is 8. The van der Waals surface area contributed by atoms with Crippen molar-refractivity contribution in [1.29, 1.82) is 0 Å². The lowest BCUT2D eigenvalue weighted by molar-refractivity contribution is -0.160. The van der Waals surface area contributed by atoms with Gasteiger partial charge in [-0.1, -0.05) is 11.8 Å². The Kier molecular flexibility index (Phi) is 4.94. The van der Waals surface area contributed by atoms with Gasteiger partial charge in [0.1, 0.15) is 6.10 Å². The van der Waals surface area contributed by atoms with Crippen LogP contribution in [0.4, 0.5) is 0 Å². The van der Waals surface area contributed by atoms with Crippen molar-refractivity contribution in [1.82, 2.24) is 19.6 Å². The quantitative estimate of drug-likeness (QED) is 0.584. The van der Waals surface area contributed by atoms with Crippen molar-refractivity contribution in [2.45, 2.75) is 57.4 Å². The van der Waals surface area contributed by atoms with Crippen LogP contribution in [-0.4, -0.2) is 50.0 Å². The molecule has 3 heterocycles. The Morgan fingerprint density at radius 1 is 1.40 bits per heavy atom. The van der Waals surface area contributed by atoms with E-state index < -0.39 is 18.0 Å². The minimum atomic E-state index is -0.787. The number of fused-ring (bicyclic) bond motifs is 1. The molecule has 25 heavy (non-hydrogen) atoms. The summed E-state index contributed by atoms with van der Waals surface area (Å²) in [6, 6.07) is 0. The molecule has 2 aromatic heterocycles. The summed E-state index contributed by atoms with van der Waals surface area (Å²) in [5.41, 5.74) is 2.65. The number of ether oxygens (including phenoxy) is 2. The molecule has 0 aliphatic carbocycles. The summed E-state index contributed by atoms with van der Waals surface area (Å²) in [6.07, 6.45) is 1.95. The number of cyclic esters (lactones) is 1. The lowest BCUT2D eigenvalue weighted by Crippen LogP contribution is -2.23. The Hall–Kier alpha value is -2.16. The molecule has 2 atom stereocenters. The van der Waals surface area contributed by atoms with Gasteiger partial charge in [-0.25, -0.2) is 14.3 Å². The molecule has 1 fully saturated rings. The Labute approximate surface area is 149 Å². The lowest BCUT2D eigenvalue weighted by Gasteiger charge is -2.11. The second-order valence-corrected chi connectivity index (χ2v) is 6.81. The summed E-state index contributed by atoms with van der Waals surface area (Å²) in [6.45, 7) is 5.59. The van der Waals surface area contributed by atoms with Crippen LogP contribution in [-0.2, 0) is 25.5 Å². The van der Waals surface area contributed by atoms with Gasteiger partial charge in [-0.05, 0) is 39.0 Å². The van der Waals surface area contributed by atoms with Gasteiger partial charge in [0.2, 0.25) is 11.3 Å². The van der Waals surface area contributed by atoms with Gasteiger partial charge in [0.25, 0.3) is 5.78 Å². The first-order chi connectivity index (χ1) is 11.9. The van der Waals surface area contributed by atoms with Gasteiger partial charge in [0.15, 0.2) is 0 Å². The highest BCUT2D eigenvalue weighted by Gasteiger charge is 2.34. The molecule has 0 bridgehead atoms. The molecule has 0 unspecified atom stereocenters. The summed E-state index contributed by atoms with van der Waals surface area (Å²) >= 11 is 1.45. The summed E-state index contributed by atoms with van der Waals surface area (Å²) in [7, 11) is 0. The van der Waals surface area contributed by atoms with E-state index in [2.05, 4.69) is 15.1 Å². The number of esters is 2. The molecule has 9 heteroatoms. The van der Waals surface area contributed by atoms with E-state index in [1.165, 1.54) is 11.8 Å². The Bertz CT molecular complexity index is 835. The number of rotatable bonds is 5. The van der Waals surface area contributed by atoms with Crippen LogP contribution in [0, 0.1) is 13.8 Å². The summed E-state index contributed by atoms with van der Waals surface area (Å²) < 4.78 is 11.9. The average molecular weight is 364 g/mol. The van der Waals surface area contributed by atoms with E-state index in [1.54, 1.807) is 11.4 Å². The smallest absolute Gasteiger partial charge is 0.347 e. The standard InChI is InChI=1S/C16H20N4O4S/c1-8-7-12(14(22)23-8)24-13(21)6-5-11-9(2)17-15-18-16(25-4)19-20(15)10(11)3/h8,12H,5-7H2,1-4H3/t8-,12-/m0/s1. The molecule has 0 spiro atoms. The molecule has 8 nitrogen and oxygen atoms in total. The molecule has 0 aromatic carbocycles. The largest absolute Gasteiger partial charge is 0.460 e. The zero-order chi connectivity index (χ0) is 18.1. The van der Waals surface area contributed by atoms with Gasteiger partial charge < -0.3 is 9.47 Å². The van der Waals surface area contributed by atoms with Gasteiger partial charge in [-0.2, -0.15) is 4.98 Å². The van der Waals surface area contributed by atoms with Crippen LogP contribution in [0.2, 0.25) is 0 Å². The third kappa shape index (κ3) is 3.60. The SMILES string of the molecule is CSc1nc2nc(C)c(CCC(=O)O[C@H]3C[C@H](C)OC3=O)c(C)n2n1. The van der Waals surface area contributed by atoms with E-state index in [-0.39, 0.29) is 12.5 Å². The summed E-state index contributed by atoms with van der Waals surface area (Å²) in [4.78, 5) is 32.4. The fraction of sp³-hybridized carbons (Fsp3) is 0.562. The average Bonchev–Trinajstić information content (AvgIpc) is 3.10. The Balaban J connectivity index is 1.70. The fourth-order valence-electron chi connectivity index (χ4n) is 2.90. The Morgan fingerprint density at radius 2 is 2.16 bits per heavy atom. The first-order valence-corrected chi connectivity index (χ1v) is 9.28. The first kappa shape index (κ1) is 17.7. The van der Waals surface area contributed by atoms with Crippen LogP contribution < -0.4 is 0 Å². The molecule has 0 N–H and O–H groups in total. The van der Waals surface area contributed by atoms with Gasteiger partial charge in [-0.3, -0.25) is 4.79 Å². The summed E-state index contributed by atoms with van der Waals surface area (Å²) in [5.74, 6) is -0.338. The maximum absolute atomic E-state index is 12.1. The Morgan fingerprint density at radius 3 is 2.80 bits per heavy atom. The van der Waals surface area contributed by atoms with Gasteiger partial charge >= 0.3 is 11.9 Å². The van der Waals surface area contributed by atoms with E-state index in [0.29, 0.717) is 23.8 Å². The lowest BCUT2D eigenvalue weighted by atomic mass is 10.1. The topological polar surface area (TPSA) is 95.7 Å². The first-order valence-electron chi connectivity index (χ1n) is 8.06. The highest BCUT2D eigenvalue weighted by atomic mass is 32.2. The molecule has 2 aromatic rings. The second kappa shape index (κ2) is 6.99. The van der Waals surface area contributed by atoms with Crippen molar-refractivity contribution in [3.8, 4) is 0 Å². The van der Waals surface area contributed by atoms with E-state index in [4.69, 9.17) is 9.47 Å². The normalized spacial score (nSPS) is 20.1. The van der Waals surface area contributed by atoms with E-state index in [9.17, 15) is 9.59 Å². The number of carbonyl (C=O) groups excluding carboxylic acids is 2.